The number of benzene rings is 1. The Morgan fingerprint density at radius 1 is 1.15 bits per heavy atom. The number of rotatable bonds is 4. The average Bonchev–Trinajstić information content (AvgIpc) is 2.39. The smallest absolute Gasteiger partial charge is 0.338 e. The number of aryl methyl sites for hydroxylation is 1. The fourth-order valence-electron chi connectivity index (χ4n) is 1.81. The zero-order valence-corrected chi connectivity index (χ0v) is 12.6. The van der Waals surface area contributed by atoms with Crippen molar-refractivity contribution in [3.63, 3.8) is 0 Å². The highest BCUT2D eigenvalue weighted by atomic mass is 32.2. The van der Waals surface area contributed by atoms with E-state index in [-0.39, 0.29) is 5.56 Å². The molecule has 0 bridgehead atoms. The van der Waals surface area contributed by atoms with Crippen LogP contribution < -0.4 is 0 Å². The van der Waals surface area contributed by atoms with Gasteiger partial charge in [0.1, 0.15) is 5.03 Å². The van der Waals surface area contributed by atoms with Crippen LogP contribution in [0.3, 0.4) is 0 Å². The third kappa shape index (κ3) is 3.39. The first kappa shape index (κ1) is 14.6. The summed E-state index contributed by atoms with van der Waals surface area (Å²) < 4.78 is 0. The Balaban J connectivity index is 2.29. The van der Waals surface area contributed by atoms with Gasteiger partial charge < -0.3 is 5.11 Å². The van der Waals surface area contributed by atoms with Gasteiger partial charge in [0.2, 0.25) is 0 Å². The molecule has 2 aromatic rings. The molecule has 0 radical (unpaired) electrons. The molecular weight excluding hydrogens is 270 g/mol. The molecular formula is C16H17NO2S. The molecule has 0 unspecified atom stereocenters. The zero-order valence-electron chi connectivity index (χ0n) is 11.8. The van der Waals surface area contributed by atoms with Gasteiger partial charge in [0.05, 0.1) is 5.56 Å². The van der Waals surface area contributed by atoms with Crippen LogP contribution >= 0.6 is 11.8 Å². The fraction of sp³-hybridized carbons (Fsp3) is 0.250. The van der Waals surface area contributed by atoms with E-state index >= 15 is 0 Å². The summed E-state index contributed by atoms with van der Waals surface area (Å²) in [5.74, 6) is -0.459. The molecule has 0 aliphatic rings. The topological polar surface area (TPSA) is 50.2 Å². The lowest BCUT2D eigenvalue weighted by Crippen LogP contribution is -2.01. The molecule has 0 aliphatic carbocycles. The Morgan fingerprint density at radius 2 is 1.80 bits per heavy atom. The van der Waals surface area contributed by atoms with Crippen LogP contribution in [0.15, 0.2) is 46.3 Å². The van der Waals surface area contributed by atoms with Crippen LogP contribution in [0.1, 0.15) is 41.4 Å². The molecule has 1 aromatic carbocycles. The third-order valence-electron chi connectivity index (χ3n) is 2.99. The first-order valence-electron chi connectivity index (χ1n) is 6.46. The molecule has 1 aromatic heterocycles. The number of hydrogen-bond acceptors (Lipinski definition) is 3. The fourth-order valence-corrected chi connectivity index (χ4v) is 2.76. The molecule has 1 heterocycles. The highest BCUT2D eigenvalue weighted by Gasteiger charge is 2.13. The zero-order chi connectivity index (χ0) is 14.7. The molecule has 2 rings (SSSR count). The minimum atomic E-state index is -0.946. The van der Waals surface area contributed by atoms with Gasteiger partial charge in [-0.3, -0.25) is 0 Å². The number of carboxylic acid groups (broad SMARTS) is 1. The minimum absolute atomic E-state index is 0.244. The lowest BCUT2D eigenvalue weighted by Gasteiger charge is -2.08. The van der Waals surface area contributed by atoms with Crippen LogP contribution in [-0.4, -0.2) is 16.1 Å². The minimum Gasteiger partial charge on any atom is -0.478 e. The summed E-state index contributed by atoms with van der Waals surface area (Å²) in [6.45, 7) is 6.15. The van der Waals surface area contributed by atoms with Crippen LogP contribution in [0.2, 0.25) is 0 Å². The molecule has 3 nitrogen and oxygen atoms in total. The summed E-state index contributed by atoms with van der Waals surface area (Å²) in [4.78, 5) is 16.5. The van der Waals surface area contributed by atoms with Gasteiger partial charge >= 0.3 is 5.97 Å². The number of aromatic nitrogens is 1. The van der Waals surface area contributed by atoms with Crippen LogP contribution in [0.4, 0.5) is 0 Å². The van der Waals surface area contributed by atoms with Crippen molar-refractivity contribution in [1.82, 2.24) is 4.98 Å². The number of nitrogens with zero attached hydrogens (tertiary/aromatic N) is 1. The van der Waals surface area contributed by atoms with Gasteiger partial charge in [-0.05, 0) is 42.7 Å². The molecule has 104 valence electrons. The van der Waals surface area contributed by atoms with Crippen molar-refractivity contribution >= 4 is 17.7 Å². The molecule has 0 fully saturated rings. The highest BCUT2D eigenvalue weighted by molar-refractivity contribution is 7.99. The van der Waals surface area contributed by atoms with Crippen molar-refractivity contribution in [1.29, 1.82) is 0 Å². The summed E-state index contributed by atoms with van der Waals surface area (Å²) in [5, 5.41) is 9.73. The van der Waals surface area contributed by atoms with Crippen LogP contribution in [0.25, 0.3) is 0 Å². The molecule has 0 atom stereocenters. The molecule has 0 aliphatic heterocycles. The van der Waals surface area contributed by atoms with Gasteiger partial charge in [0.25, 0.3) is 0 Å². The molecule has 0 saturated carbocycles. The van der Waals surface area contributed by atoms with E-state index in [9.17, 15) is 9.90 Å². The highest BCUT2D eigenvalue weighted by Crippen LogP contribution is 2.30. The van der Waals surface area contributed by atoms with Crippen molar-refractivity contribution in [2.24, 2.45) is 0 Å². The maximum Gasteiger partial charge on any atom is 0.338 e. The molecule has 4 heteroatoms. The van der Waals surface area contributed by atoms with E-state index in [4.69, 9.17) is 0 Å². The van der Waals surface area contributed by atoms with E-state index in [0.29, 0.717) is 10.9 Å². The SMILES string of the molecule is Cc1ccc(C(=O)O)c(Sc2ccc(C(C)C)cc2)n1. The summed E-state index contributed by atoms with van der Waals surface area (Å²) in [6.07, 6.45) is 0. The monoisotopic (exact) mass is 287 g/mol. The Labute approximate surface area is 123 Å². The van der Waals surface area contributed by atoms with Crippen molar-refractivity contribution in [2.75, 3.05) is 0 Å². The van der Waals surface area contributed by atoms with Gasteiger partial charge in [-0.1, -0.05) is 37.7 Å². The predicted octanol–water partition coefficient (Wildman–Crippen LogP) is 4.36. The van der Waals surface area contributed by atoms with E-state index in [0.717, 1.165) is 10.6 Å². The van der Waals surface area contributed by atoms with E-state index in [1.54, 1.807) is 12.1 Å². The van der Waals surface area contributed by atoms with Crippen molar-refractivity contribution in [3.8, 4) is 0 Å². The Kier molecular flexibility index (Phi) is 4.45. The number of aromatic carboxylic acids is 1. The second-order valence-electron chi connectivity index (χ2n) is 4.94. The molecule has 1 N–H and O–H groups in total. The molecule has 0 saturated heterocycles. The van der Waals surface area contributed by atoms with E-state index in [1.165, 1.54) is 17.3 Å². The van der Waals surface area contributed by atoms with Crippen molar-refractivity contribution in [2.45, 2.75) is 36.6 Å². The maximum absolute atomic E-state index is 11.2. The number of carboxylic acids is 1. The predicted molar refractivity (Wildman–Crippen MR) is 80.6 cm³/mol. The third-order valence-corrected chi connectivity index (χ3v) is 4.00. The summed E-state index contributed by atoms with van der Waals surface area (Å²) >= 11 is 1.39. The molecule has 20 heavy (non-hydrogen) atoms. The van der Waals surface area contributed by atoms with E-state index < -0.39 is 5.97 Å². The van der Waals surface area contributed by atoms with Gasteiger partial charge in [0.15, 0.2) is 0 Å². The quantitative estimate of drug-likeness (QED) is 0.907. The van der Waals surface area contributed by atoms with E-state index in [2.05, 4.69) is 31.0 Å². The first-order valence-corrected chi connectivity index (χ1v) is 7.28. The summed E-state index contributed by atoms with van der Waals surface area (Å²) in [6, 6.07) is 11.5. The lowest BCUT2D eigenvalue weighted by atomic mass is 10.0. The van der Waals surface area contributed by atoms with E-state index in [1.807, 2.05) is 19.1 Å². The number of carbonyl (C=O) groups is 1. The maximum atomic E-state index is 11.2. The second kappa shape index (κ2) is 6.09. The Bertz CT molecular complexity index is 621. The second-order valence-corrected chi connectivity index (χ2v) is 6.00. The average molecular weight is 287 g/mol. The summed E-state index contributed by atoms with van der Waals surface area (Å²) in [5.41, 5.74) is 2.33. The normalized spacial score (nSPS) is 10.8. The van der Waals surface area contributed by atoms with Gasteiger partial charge in [-0.15, -0.1) is 0 Å². The largest absolute Gasteiger partial charge is 0.478 e. The number of pyridine rings is 1. The van der Waals surface area contributed by atoms with Gasteiger partial charge in [-0.2, -0.15) is 0 Å². The standard InChI is InChI=1S/C16H17NO2S/c1-10(2)12-5-7-13(8-6-12)20-15-14(16(18)19)9-4-11(3)17-15/h4-10H,1-3H3,(H,18,19). The van der Waals surface area contributed by atoms with Crippen molar-refractivity contribution < 1.29 is 9.90 Å². The Morgan fingerprint density at radius 3 is 2.35 bits per heavy atom. The van der Waals surface area contributed by atoms with Gasteiger partial charge in [0, 0.05) is 10.6 Å². The Hall–Kier alpha value is -1.81. The molecule has 0 spiro atoms. The van der Waals surface area contributed by atoms with Crippen LogP contribution in [0.5, 0.6) is 0 Å². The van der Waals surface area contributed by atoms with Gasteiger partial charge in [-0.25, -0.2) is 9.78 Å². The molecule has 0 amide bonds. The lowest BCUT2D eigenvalue weighted by molar-refractivity contribution is 0.0692. The first-order chi connectivity index (χ1) is 9.47. The number of hydrogen-bond donors (Lipinski definition) is 1. The van der Waals surface area contributed by atoms with Crippen LogP contribution in [0, 0.1) is 6.92 Å². The van der Waals surface area contributed by atoms with Crippen molar-refractivity contribution in [3.05, 3.63) is 53.2 Å². The summed E-state index contributed by atoms with van der Waals surface area (Å²) in [7, 11) is 0. The van der Waals surface area contributed by atoms with Crippen LogP contribution in [-0.2, 0) is 0 Å².